The molecule has 0 aromatic rings. The highest BCUT2D eigenvalue weighted by Gasteiger charge is 2.10. The molecule has 72 valence electrons. The van der Waals surface area contributed by atoms with Gasteiger partial charge in [-0.05, 0) is 19.8 Å². The lowest BCUT2D eigenvalue weighted by Crippen LogP contribution is -2.17. The van der Waals surface area contributed by atoms with E-state index in [-0.39, 0.29) is 12.2 Å². The number of carbonyl (C=O) groups excluding carboxylic acids is 1. The zero-order valence-corrected chi connectivity index (χ0v) is 7.23. The molecular weight excluding hydrogens is 160 g/mol. The Labute approximate surface area is 71.8 Å². The molecule has 3 N–H and O–H groups in total. The zero-order chi connectivity index (χ0) is 9.56. The Bertz CT molecular complexity index is 133. The van der Waals surface area contributed by atoms with Gasteiger partial charge in [0, 0.05) is 6.42 Å². The lowest BCUT2D eigenvalue weighted by Gasteiger charge is -2.09. The third-order valence-electron chi connectivity index (χ3n) is 1.56. The smallest absolute Gasteiger partial charge is 0.160 e. The van der Waals surface area contributed by atoms with E-state index in [9.17, 15) is 4.79 Å². The van der Waals surface area contributed by atoms with Crippen LogP contribution in [-0.4, -0.2) is 39.9 Å². The molecule has 2 atom stereocenters. The Morgan fingerprint density at radius 1 is 1.33 bits per heavy atom. The lowest BCUT2D eigenvalue weighted by atomic mass is 10.1. The number of aliphatic hydroxyl groups excluding tert-OH is 3. The van der Waals surface area contributed by atoms with E-state index in [1.807, 2.05) is 0 Å². The highest BCUT2D eigenvalue weighted by molar-refractivity contribution is 5.79. The molecule has 0 spiro atoms. The van der Waals surface area contributed by atoms with Gasteiger partial charge in [0.25, 0.3) is 0 Å². The fraction of sp³-hybridized carbons (Fsp3) is 0.875. The summed E-state index contributed by atoms with van der Waals surface area (Å²) in [5.41, 5.74) is 0. The van der Waals surface area contributed by atoms with E-state index in [1.54, 1.807) is 6.92 Å². The van der Waals surface area contributed by atoms with Crippen LogP contribution in [0, 0.1) is 0 Å². The lowest BCUT2D eigenvalue weighted by molar-refractivity contribution is -0.123. The summed E-state index contributed by atoms with van der Waals surface area (Å²) in [6.07, 6.45) is -0.352. The van der Waals surface area contributed by atoms with Gasteiger partial charge in [-0.3, -0.25) is 4.79 Å². The van der Waals surface area contributed by atoms with Crippen molar-refractivity contribution in [3.63, 3.8) is 0 Å². The van der Waals surface area contributed by atoms with Crippen LogP contribution in [0.3, 0.4) is 0 Å². The van der Waals surface area contributed by atoms with Gasteiger partial charge in [0.15, 0.2) is 5.78 Å². The Morgan fingerprint density at radius 3 is 2.33 bits per heavy atom. The average molecular weight is 176 g/mol. The molecular formula is C8H16O4. The maximum Gasteiger partial charge on any atom is 0.160 e. The summed E-state index contributed by atoms with van der Waals surface area (Å²) in [4.78, 5) is 10.6. The van der Waals surface area contributed by atoms with E-state index in [0.29, 0.717) is 12.8 Å². The third kappa shape index (κ3) is 6.27. The third-order valence-corrected chi connectivity index (χ3v) is 1.56. The zero-order valence-electron chi connectivity index (χ0n) is 7.23. The molecule has 4 nitrogen and oxygen atoms in total. The molecule has 0 aliphatic rings. The summed E-state index contributed by atoms with van der Waals surface area (Å²) in [7, 11) is 0. The van der Waals surface area contributed by atoms with Gasteiger partial charge in [-0.1, -0.05) is 0 Å². The topological polar surface area (TPSA) is 77.8 Å². The number of Topliss-reactive ketones (excluding diaryl/α,β-unsaturated/α-hetero) is 1. The normalized spacial score (nSPS) is 15.7. The molecule has 0 aromatic carbocycles. The van der Waals surface area contributed by atoms with Crippen LogP contribution in [0.2, 0.25) is 0 Å². The second-order valence-corrected chi connectivity index (χ2v) is 2.98. The van der Waals surface area contributed by atoms with Gasteiger partial charge in [-0.15, -0.1) is 0 Å². The van der Waals surface area contributed by atoms with E-state index >= 15 is 0 Å². The Hall–Kier alpha value is -0.450. The van der Waals surface area contributed by atoms with Gasteiger partial charge in [-0.2, -0.15) is 0 Å². The summed E-state index contributed by atoms with van der Waals surface area (Å²) in [6.45, 7) is 1.10. The largest absolute Gasteiger partial charge is 0.393 e. The molecule has 0 bridgehead atoms. The van der Waals surface area contributed by atoms with Crippen LogP contribution in [0.25, 0.3) is 0 Å². The summed E-state index contributed by atoms with van der Waals surface area (Å²) in [5, 5.41) is 26.4. The first kappa shape index (κ1) is 11.6. The number of carbonyl (C=O) groups is 1. The SMILES string of the molecule is CC(O)CCC(O)CC(=O)CO. The molecule has 0 rings (SSSR count). The summed E-state index contributed by atoms with van der Waals surface area (Å²) < 4.78 is 0. The van der Waals surface area contributed by atoms with Crippen LogP contribution < -0.4 is 0 Å². The molecule has 0 saturated carbocycles. The quantitative estimate of drug-likeness (QED) is 0.508. The van der Waals surface area contributed by atoms with Crippen LogP contribution >= 0.6 is 0 Å². The molecule has 0 amide bonds. The molecule has 0 saturated heterocycles. The van der Waals surface area contributed by atoms with Gasteiger partial charge in [0.1, 0.15) is 6.61 Å². The monoisotopic (exact) mass is 176 g/mol. The Balaban J connectivity index is 3.45. The van der Waals surface area contributed by atoms with Crippen molar-refractivity contribution < 1.29 is 20.1 Å². The van der Waals surface area contributed by atoms with Crippen LogP contribution in [-0.2, 0) is 4.79 Å². The van der Waals surface area contributed by atoms with E-state index in [2.05, 4.69) is 0 Å². The molecule has 12 heavy (non-hydrogen) atoms. The highest BCUT2D eigenvalue weighted by Crippen LogP contribution is 2.04. The fourth-order valence-electron chi connectivity index (χ4n) is 0.863. The van der Waals surface area contributed by atoms with Crippen LogP contribution in [0.15, 0.2) is 0 Å². The Morgan fingerprint density at radius 2 is 1.92 bits per heavy atom. The molecule has 0 aromatic heterocycles. The van der Waals surface area contributed by atoms with Gasteiger partial charge >= 0.3 is 0 Å². The van der Waals surface area contributed by atoms with Crippen molar-refractivity contribution in [3.8, 4) is 0 Å². The Kier molecular flexibility index (Phi) is 5.88. The first-order valence-electron chi connectivity index (χ1n) is 4.05. The summed E-state index contributed by atoms with van der Waals surface area (Å²) in [5.74, 6) is -0.368. The fourth-order valence-corrected chi connectivity index (χ4v) is 0.863. The minimum absolute atomic E-state index is 0.0246. The van der Waals surface area contributed by atoms with Crippen molar-refractivity contribution in [2.45, 2.75) is 38.4 Å². The molecule has 4 heteroatoms. The second kappa shape index (κ2) is 6.11. The molecule has 2 unspecified atom stereocenters. The van der Waals surface area contributed by atoms with Crippen molar-refractivity contribution in [2.24, 2.45) is 0 Å². The van der Waals surface area contributed by atoms with E-state index in [0.717, 1.165) is 0 Å². The maximum absolute atomic E-state index is 10.6. The van der Waals surface area contributed by atoms with Gasteiger partial charge in [0.05, 0.1) is 12.2 Å². The highest BCUT2D eigenvalue weighted by atomic mass is 16.3. The molecule has 0 radical (unpaired) electrons. The van der Waals surface area contributed by atoms with Crippen LogP contribution in [0.5, 0.6) is 0 Å². The second-order valence-electron chi connectivity index (χ2n) is 2.98. The van der Waals surface area contributed by atoms with Crippen molar-refractivity contribution >= 4 is 5.78 Å². The van der Waals surface area contributed by atoms with Crippen molar-refractivity contribution in [1.82, 2.24) is 0 Å². The van der Waals surface area contributed by atoms with E-state index in [4.69, 9.17) is 15.3 Å². The first-order chi connectivity index (χ1) is 5.56. The van der Waals surface area contributed by atoms with Gasteiger partial charge < -0.3 is 15.3 Å². The number of hydrogen-bond acceptors (Lipinski definition) is 4. The molecule has 0 aliphatic heterocycles. The number of aliphatic hydroxyl groups is 3. The van der Waals surface area contributed by atoms with Crippen molar-refractivity contribution in [2.75, 3.05) is 6.61 Å². The van der Waals surface area contributed by atoms with Crippen molar-refractivity contribution in [3.05, 3.63) is 0 Å². The first-order valence-corrected chi connectivity index (χ1v) is 4.05. The predicted octanol–water partition coefficient (Wildman–Crippen LogP) is -0.540. The van der Waals surface area contributed by atoms with E-state index < -0.39 is 18.8 Å². The summed E-state index contributed by atoms with van der Waals surface area (Å²) >= 11 is 0. The van der Waals surface area contributed by atoms with Gasteiger partial charge in [-0.25, -0.2) is 0 Å². The van der Waals surface area contributed by atoms with Gasteiger partial charge in [0.2, 0.25) is 0 Å². The molecule has 0 aliphatic carbocycles. The maximum atomic E-state index is 10.6. The van der Waals surface area contributed by atoms with Crippen LogP contribution in [0.4, 0.5) is 0 Å². The molecule has 0 fully saturated rings. The van der Waals surface area contributed by atoms with Crippen LogP contribution in [0.1, 0.15) is 26.2 Å². The minimum Gasteiger partial charge on any atom is -0.393 e. The average Bonchev–Trinajstić information content (AvgIpc) is 2.00. The number of hydrogen-bond donors (Lipinski definition) is 3. The summed E-state index contributed by atoms with van der Waals surface area (Å²) in [6, 6.07) is 0. The van der Waals surface area contributed by atoms with E-state index in [1.165, 1.54) is 0 Å². The number of rotatable bonds is 6. The minimum atomic E-state index is -0.737. The molecule has 0 heterocycles. The van der Waals surface area contributed by atoms with Crippen molar-refractivity contribution in [1.29, 1.82) is 0 Å². The predicted molar refractivity (Wildman–Crippen MR) is 43.6 cm³/mol. The number of ketones is 1. The standard InChI is InChI=1S/C8H16O4/c1-6(10)2-3-7(11)4-8(12)5-9/h6-7,9-11H,2-5H2,1H3.